The first-order chi connectivity index (χ1) is 12.6. The van der Waals surface area contributed by atoms with Crippen LogP contribution in [0.1, 0.15) is 30.0 Å². The van der Waals surface area contributed by atoms with E-state index in [1.165, 1.54) is 0 Å². The van der Waals surface area contributed by atoms with Crippen molar-refractivity contribution in [3.8, 4) is 28.4 Å². The molecule has 4 heteroatoms. The Bertz CT molecular complexity index is 1070. The molecule has 0 fully saturated rings. The summed E-state index contributed by atoms with van der Waals surface area (Å²) in [5, 5.41) is 24.0. The molecule has 3 aromatic rings. The zero-order valence-corrected chi connectivity index (χ0v) is 14.8. The minimum Gasteiger partial charge on any atom is -0.507 e. The molecule has 1 unspecified atom stereocenters. The summed E-state index contributed by atoms with van der Waals surface area (Å²) in [6.45, 7) is 2.56. The number of hydrogen-bond donors (Lipinski definition) is 2. The van der Waals surface area contributed by atoms with E-state index in [-0.39, 0.29) is 5.75 Å². The molecule has 5 rings (SSSR count). The molecule has 0 aromatic heterocycles. The lowest BCUT2D eigenvalue weighted by Crippen LogP contribution is -2.23. The van der Waals surface area contributed by atoms with Crippen LogP contribution >= 0.6 is 0 Å². The maximum absolute atomic E-state index is 11.5. The van der Waals surface area contributed by atoms with Gasteiger partial charge in [0.05, 0.1) is 13.7 Å². The predicted molar refractivity (Wildman–Crippen MR) is 100 cm³/mol. The normalized spacial score (nSPS) is 19.8. The molecule has 2 aliphatic rings. The second-order valence-corrected chi connectivity index (χ2v) is 6.99. The minimum atomic E-state index is -1.09. The molecule has 132 valence electrons. The van der Waals surface area contributed by atoms with Crippen molar-refractivity contribution in [2.24, 2.45) is 0 Å². The molecule has 1 aliphatic carbocycles. The average molecular weight is 348 g/mol. The van der Waals surface area contributed by atoms with Gasteiger partial charge in [-0.25, -0.2) is 0 Å². The largest absolute Gasteiger partial charge is 0.507 e. The SMILES string of the molecule is CCC1(O)c2ccccc2-c2c1cc(O)c1cc(OC)c3c(c21)CCO3. The highest BCUT2D eigenvalue weighted by atomic mass is 16.5. The fourth-order valence-electron chi connectivity index (χ4n) is 4.60. The summed E-state index contributed by atoms with van der Waals surface area (Å²) < 4.78 is 11.3. The third-order valence-electron chi connectivity index (χ3n) is 5.84. The average Bonchev–Trinajstić information content (AvgIpc) is 3.24. The van der Waals surface area contributed by atoms with E-state index in [4.69, 9.17) is 9.47 Å². The molecule has 0 radical (unpaired) electrons. The van der Waals surface area contributed by atoms with E-state index in [1.54, 1.807) is 13.2 Å². The van der Waals surface area contributed by atoms with E-state index in [1.807, 2.05) is 37.3 Å². The summed E-state index contributed by atoms with van der Waals surface area (Å²) in [6.07, 6.45) is 1.29. The fraction of sp³-hybridized carbons (Fsp3) is 0.273. The van der Waals surface area contributed by atoms with Gasteiger partial charge in [-0.2, -0.15) is 0 Å². The van der Waals surface area contributed by atoms with Gasteiger partial charge >= 0.3 is 0 Å². The van der Waals surface area contributed by atoms with Crippen molar-refractivity contribution < 1.29 is 19.7 Å². The Morgan fingerprint density at radius 2 is 2.00 bits per heavy atom. The Morgan fingerprint density at radius 1 is 1.19 bits per heavy atom. The Hall–Kier alpha value is -2.72. The van der Waals surface area contributed by atoms with Gasteiger partial charge < -0.3 is 19.7 Å². The van der Waals surface area contributed by atoms with Crippen LogP contribution in [0.2, 0.25) is 0 Å². The molecular weight excluding hydrogens is 328 g/mol. The van der Waals surface area contributed by atoms with Gasteiger partial charge in [-0.3, -0.25) is 0 Å². The summed E-state index contributed by atoms with van der Waals surface area (Å²) >= 11 is 0. The first-order valence-corrected chi connectivity index (χ1v) is 8.95. The molecule has 0 spiro atoms. The zero-order chi connectivity index (χ0) is 18.1. The number of fused-ring (bicyclic) bond motifs is 7. The Morgan fingerprint density at radius 3 is 2.77 bits per heavy atom. The first-order valence-electron chi connectivity index (χ1n) is 8.95. The van der Waals surface area contributed by atoms with Crippen LogP contribution < -0.4 is 9.47 Å². The van der Waals surface area contributed by atoms with Crippen LogP contribution in [0.3, 0.4) is 0 Å². The topological polar surface area (TPSA) is 58.9 Å². The first kappa shape index (κ1) is 15.5. The van der Waals surface area contributed by atoms with Crippen LogP contribution in [0.5, 0.6) is 17.2 Å². The summed E-state index contributed by atoms with van der Waals surface area (Å²) in [4.78, 5) is 0. The van der Waals surface area contributed by atoms with E-state index < -0.39 is 5.60 Å². The van der Waals surface area contributed by atoms with Gasteiger partial charge in [-0.15, -0.1) is 0 Å². The summed E-state index contributed by atoms with van der Waals surface area (Å²) in [5.74, 6) is 1.54. The lowest BCUT2D eigenvalue weighted by molar-refractivity contribution is 0.0812. The van der Waals surface area contributed by atoms with Gasteiger partial charge in [0.1, 0.15) is 11.4 Å². The molecule has 3 aromatic carbocycles. The van der Waals surface area contributed by atoms with E-state index in [0.717, 1.165) is 50.8 Å². The van der Waals surface area contributed by atoms with Crippen molar-refractivity contribution in [2.45, 2.75) is 25.4 Å². The van der Waals surface area contributed by atoms with Gasteiger partial charge in [0.25, 0.3) is 0 Å². The second kappa shape index (κ2) is 5.15. The van der Waals surface area contributed by atoms with Crippen molar-refractivity contribution in [1.82, 2.24) is 0 Å². The van der Waals surface area contributed by atoms with Crippen LogP contribution in [0.4, 0.5) is 0 Å². The lowest BCUT2D eigenvalue weighted by atomic mass is 9.87. The Labute approximate surface area is 151 Å². The molecule has 1 aliphatic heterocycles. The van der Waals surface area contributed by atoms with Crippen LogP contribution in [0.15, 0.2) is 36.4 Å². The molecule has 1 atom stereocenters. The van der Waals surface area contributed by atoms with Crippen molar-refractivity contribution in [2.75, 3.05) is 13.7 Å². The molecule has 0 saturated carbocycles. The van der Waals surface area contributed by atoms with Crippen LogP contribution in [0, 0.1) is 0 Å². The Kier molecular flexibility index (Phi) is 3.07. The Balaban J connectivity index is 2.00. The van der Waals surface area contributed by atoms with Crippen LogP contribution in [0.25, 0.3) is 21.9 Å². The summed E-state index contributed by atoms with van der Waals surface area (Å²) in [5.41, 5.74) is 3.64. The zero-order valence-electron chi connectivity index (χ0n) is 14.8. The maximum atomic E-state index is 11.5. The molecule has 2 N–H and O–H groups in total. The molecule has 0 saturated heterocycles. The fourth-order valence-corrected chi connectivity index (χ4v) is 4.60. The monoisotopic (exact) mass is 348 g/mol. The number of aliphatic hydroxyl groups is 1. The quantitative estimate of drug-likeness (QED) is 0.731. The third-order valence-corrected chi connectivity index (χ3v) is 5.84. The standard InChI is InChI=1S/C22H20O4/c1-3-22(24)15-7-5-4-6-12(15)20-16(22)11-17(23)14-10-18(25-2)21-13(19(14)20)8-9-26-21/h4-7,10-11,23-24H,3,8-9H2,1-2H3. The highest BCUT2D eigenvalue weighted by Crippen LogP contribution is 2.56. The second-order valence-electron chi connectivity index (χ2n) is 6.99. The number of rotatable bonds is 2. The van der Waals surface area contributed by atoms with Gasteiger partial charge in [0.15, 0.2) is 11.5 Å². The molecule has 0 amide bonds. The van der Waals surface area contributed by atoms with Crippen LogP contribution in [-0.4, -0.2) is 23.9 Å². The molecule has 0 bridgehead atoms. The summed E-state index contributed by atoms with van der Waals surface area (Å²) in [7, 11) is 1.61. The highest BCUT2D eigenvalue weighted by Gasteiger charge is 2.42. The minimum absolute atomic E-state index is 0.159. The predicted octanol–water partition coefficient (Wildman–Crippen LogP) is 4.12. The molecule has 4 nitrogen and oxygen atoms in total. The van der Waals surface area contributed by atoms with Gasteiger partial charge in [0.2, 0.25) is 0 Å². The number of phenolic OH excluding ortho intramolecular Hbond substituents is 1. The van der Waals surface area contributed by atoms with Crippen LogP contribution in [-0.2, 0) is 12.0 Å². The number of benzene rings is 3. The lowest BCUT2D eigenvalue weighted by Gasteiger charge is -2.24. The van der Waals surface area contributed by atoms with Crippen molar-refractivity contribution in [1.29, 1.82) is 0 Å². The van der Waals surface area contributed by atoms with E-state index >= 15 is 0 Å². The number of phenols is 1. The van der Waals surface area contributed by atoms with Gasteiger partial charge in [-0.05, 0) is 35.2 Å². The summed E-state index contributed by atoms with van der Waals surface area (Å²) in [6, 6.07) is 11.5. The molecule has 26 heavy (non-hydrogen) atoms. The number of methoxy groups -OCH3 is 1. The maximum Gasteiger partial charge on any atom is 0.165 e. The number of hydrogen-bond acceptors (Lipinski definition) is 4. The number of aromatic hydroxyl groups is 1. The van der Waals surface area contributed by atoms with E-state index in [2.05, 4.69) is 0 Å². The smallest absolute Gasteiger partial charge is 0.165 e. The number of ether oxygens (including phenoxy) is 2. The van der Waals surface area contributed by atoms with E-state index in [9.17, 15) is 10.2 Å². The van der Waals surface area contributed by atoms with Crippen molar-refractivity contribution in [3.63, 3.8) is 0 Å². The molecular formula is C22H20O4. The highest BCUT2D eigenvalue weighted by molar-refractivity contribution is 6.08. The van der Waals surface area contributed by atoms with E-state index in [0.29, 0.717) is 18.8 Å². The van der Waals surface area contributed by atoms with Gasteiger partial charge in [0, 0.05) is 28.3 Å². The molecule has 1 heterocycles. The van der Waals surface area contributed by atoms with Crippen molar-refractivity contribution in [3.05, 3.63) is 53.1 Å². The van der Waals surface area contributed by atoms with Gasteiger partial charge in [-0.1, -0.05) is 31.2 Å². The van der Waals surface area contributed by atoms with Crippen molar-refractivity contribution >= 4 is 10.8 Å². The third kappa shape index (κ3) is 1.72.